The molecular weight excluding hydrogens is 250 g/mol. The maximum atomic E-state index is 5.60. The number of rotatable bonds is 6. The van der Waals surface area contributed by atoms with Gasteiger partial charge in [0.25, 0.3) is 0 Å². The van der Waals surface area contributed by atoms with Crippen LogP contribution in [0.2, 0.25) is 0 Å². The summed E-state index contributed by atoms with van der Waals surface area (Å²) in [4.78, 5) is 5.13. The van der Waals surface area contributed by atoms with Gasteiger partial charge in [0, 0.05) is 50.3 Å². The summed E-state index contributed by atoms with van der Waals surface area (Å²) in [5.74, 6) is 0.698. The number of ether oxygens (including phenoxy) is 1. The van der Waals surface area contributed by atoms with E-state index in [4.69, 9.17) is 4.74 Å². The molecule has 0 saturated carbocycles. The Morgan fingerprint density at radius 3 is 2.75 bits per heavy atom. The minimum absolute atomic E-state index is 0.291. The van der Waals surface area contributed by atoms with Crippen molar-refractivity contribution in [2.24, 2.45) is 5.92 Å². The van der Waals surface area contributed by atoms with Gasteiger partial charge in [0.2, 0.25) is 0 Å². The van der Waals surface area contributed by atoms with E-state index in [-0.39, 0.29) is 0 Å². The number of hydrogen-bond donors (Lipinski definition) is 1. The standard InChI is InChI=1S/C16H33N3O/c1-5-7-17-15(14-6-10-20-12-14)11-19-9-8-18(4)16(2,3)13-19/h14-15,17H,5-13H2,1-4H3. The van der Waals surface area contributed by atoms with E-state index in [0.717, 1.165) is 19.8 Å². The van der Waals surface area contributed by atoms with Crippen molar-refractivity contribution in [3.63, 3.8) is 0 Å². The molecule has 118 valence electrons. The third-order valence-electron chi connectivity index (χ3n) is 5.04. The van der Waals surface area contributed by atoms with E-state index in [9.17, 15) is 0 Å². The van der Waals surface area contributed by atoms with Crippen molar-refractivity contribution in [3.05, 3.63) is 0 Å². The lowest BCUT2D eigenvalue weighted by Gasteiger charge is -2.46. The van der Waals surface area contributed by atoms with Crippen LogP contribution >= 0.6 is 0 Å². The topological polar surface area (TPSA) is 27.7 Å². The predicted octanol–water partition coefficient (Wildman–Crippen LogP) is 1.42. The van der Waals surface area contributed by atoms with Crippen molar-refractivity contribution in [1.29, 1.82) is 0 Å². The van der Waals surface area contributed by atoms with Gasteiger partial charge in [-0.2, -0.15) is 0 Å². The van der Waals surface area contributed by atoms with Gasteiger partial charge in [-0.05, 0) is 40.3 Å². The number of nitrogens with zero attached hydrogens (tertiary/aromatic N) is 2. The molecule has 2 heterocycles. The Kier molecular flexibility index (Phi) is 5.84. The van der Waals surface area contributed by atoms with Crippen LogP contribution < -0.4 is 5.32 Å². The van der Waals surface area contributed by atoms with Gasteiger partial charge < -0.3 is 10.1 Å². The van der Waals surface area contributed by atoms with Gasteiger partial charge in [0.05, 0.1) is 6.61 Å². The molecule has 0 amide bonds. The van der Waals surface area contributed by atoms with Gasteiger partial charge in [-0.1, -0.05) is 6.92 Å². The summed E-state index contributed by atoms with van der Waals surface area (Å²) < 4.78 is 5.60. The van der Waals surface area contributed by atoms with Crippen molar-refractivity contribution >= 4 is 0 Å². The minimum atomic E-state index is 0.291. The van der Waals surface area contributed by atoms with Crippen LogP contribution in [0.3, 0.4) is 0 Å². The van der Waals surface area contributed by atoms with Crippen LogP contribution in [0.15, 0.2) is 0 Å². The van der Waals surface area contributed by atoms with Gasteiger partial charge in [-0.25, -0.2) is 0 Å². The molecule has 2 saturated heterocycles. The molecule has 2 unspecified atom stereocenters. The van der Waals surface area contributed by atoms with E-state index in [0.29, 0.717) is 17.5 Å². The lowest BCUT2D eigenvalue weighted by molar-refractivity contribution is 0.0307. The molecule has 2 aliphatic heterocycles. The molecule has 0 aliphatic carbocycles. The molecule has 0 aromatic heterocycles. The highest BCUT2D eigenvalue weighted by Gasteiger charge is 2.33. The second-order valence-corrected chi connectivity index (χ2v) is 7.15. The Labute approximate surface area is 124 Å². The van der Waals surface area contributed by atoms with Crippen molar-refractivity contribution in [2.75, 3.05) is 53.0 Å². The van der Waals surface area contributed by atoms with Crippen molar-refractivity contribution in [1.82, 2.24) is 15.1 Å². The maximum absolute atomic E-state index is 5.60. The number of piperazine rings is 1. The van der Waals surface area contributed by atoms with Crippen molar-refractivity contribution in [3.8, 4) is 0 Å². The van der Waals surface area contributed by atoms with Crippen LogP contribution in [0.25, 0.3) is 0 Å². The lowest BCUT2D eigenvalue weighted by Crippen LogP contribution is -2.60. The molecule has 0 aromatic rings. The Morgan fingerprint density at radius 1 is 1.35 bits per heavy atom. The molecule has 0 aromatic carbocycles. The fourth-order valence-corrected chi connectivity index (χ4v) is 3.36. The normalized spacial score (nSPS) is 29.7. The van der Waals surface area contributed by atoms with E-state index < -0.39 is 0 Å². The quantitative estimate of drug-likeness (QED) is 0.798. The smallest absolute Gasteiger partial charge is 0.0510 e. The Morgan fingerprint density at radius 2 is 2.15 bits per heavy atom. The first-order chi connectivity index (χ1) is 9.53. The zero-order valence-electron chi connectivity index (χ0n) is 13.8. The van der Waals surface area contributed by atoms with E-state index in [1.165, 1.54) is 39.0 Å². The average molecular weight is 283 g/mol. The zero-order valence-corrected chi connectivity index (χ0v) is 13.8. The Bertz CT molecular complexity index is 289. The van der Waals surface area contributed by atoms with Gasteiger partial charge in [-0.3, -0.25) is 9.80 Å². The highest BCUT2D eigenvalue weighted by atomic mass is 16.5. The molecule has 4 nitrogen and oxygen atoms in total. The Hall–Kier alpha value is -0.160. The molecule has 2 fully saturated rings. The SMILES string of the molecule is CCCNC(CN1CCN(C)C(C)(C)C1)C1CCOC1. The molecule has 2 rings (SSSR count). The molecule has 2 aliphatic rings. The van der Waals surface area contributed by atoms with Gasteiger partial charge in [0.15, 0.2) is 0 Å². The fraction of sp³-hybridized carbons (Fsp3) is 1.00. The lowest BCUT2D eigenvalue weighted by atomic mass is 9.95. The number of likely N-dealkylation sites (N-methyl/N-ethyl adjacent to an activating group) is 1. The molecular formula is C16H33N3O. The summed E-state index contributed by atoms with van der Waals surface area (Å²) in [6.45, 7) is 14.7. The van der Waals surface area contributed by atoms with E-state index in [1.54, 1.807) is 0 Å². The molecule has 0 spiro atoms. The first kappa shape index (κ1) is 16.2. The second kappa shape index (κ2) is 7.21. The van der Waals surface area contributed by atoms with Crippen LogP contribution in [0.4, 0.5) is 0 Å². The van der Waals surface area contributed by atoms with Crippen LogP contribution in [-0.4, -0.2) is 74.4 Å². The van der Waals surface area contributed by atoms with Crippen LogP contribution in [0, 0.1) is 5.92 Å². The van der Waals surface area contributed by atoms with Crippen molar-refractivity contribution in [2.45, 2.75) is 45.2 Å². The first-order valence-corrected chi connectivity index (χ1v) is 8.27. The average Bonchev–Trinajstić information content (AvgIpc) is 2.92. The minimum Gasteiger partial charge on any atom is -0.381 e. The summed E-state index contributed by atoms with van der Waals surface area (Å²) in [6, 6.07) is 0.594. The third-order valence-corrected chi connectivity index (χ3v) is 5.04. The van der Waals surface area contributed by atoms with E-state index in [1.807, 2.05) is 0 Å². The highest BCUT2D eigenvalue weighted by molar-refractivity contribution is 4.91. The summed E-state index contributed by atoms with van der Waals surface area (Å²) in [5.41, 5.74) is 0.291. The summed E-state index contributed by atoms with van der Waals surface area (Å²) >= 11 is 0. The largest absolute Gasteiger partial charge is 0.381 e. The fourth-order valence-electron chi connectivity index (χ4n) is 3.36. The molecule has 20 heavy (non-hydrogen) atoms. The number of nitrogens with one attached hydrogen (secondary N) is 1. The summed E-state index contributed by atoms with van der Waals surface area (Å²) in [6.07, 6.45) is 2.43. The zero-order chi connectivity index (χ0) is 14.6. The molecule has 0 bridgehead atoms. The van der Waals surface area contributed by atoms with Gasteiger partial charge in [-0.15, -0.1) is 0 Å². The van der Waals surface area contributed by atoms with E-state index in [2.05, 4.69) is 42.9 Å². The number of hydrogen-bond acceptors (Lipinski definition) is 4. The molecule has 1 N–H and O–H groups in total. The second-order valence-electron chi connectivity index (χ2n) is 7.15. The van der Waals surface area contributed by atoms with Crippen LogP contribution in [0.5, 0.6) is 0 Å². The highest BCUT2D eigenvalue weighted by Crippen LogP contribution is 2.22. The molecule has 0 radical (unpaired) electrons. The Balaban J connectivity index is 1.89. The first-order valence-electron chi connectivity index (χ1n) is 8.27. The molecule has 2 atom stereocenters. The van der Waals surface area contributed by atoms with Gasteiger partial charge in [0.1, 0.15) is 0 Å². The third kappa shape index (κ3) is 4.17. The molecule has 4 heteroatoms. The van der Waals surface area contributed by atoms with E-state index >= 15 is 0 Å². The van der Waals surface area contributed by atoms with Crippen molar-refractivity contribution < 1.29 is 4.74 Å². The monoisotopic (exact) mass is 283 g/mol. The van der Waals surface area contributed by atoms with Gasteiger partial charge >= 0.3 is 0 Å². The van der Waals surface area contributed by atoms with Crippen LogP contribution in [0.1, 0.15) is 33.6 Å². The summed E-state index contributed by atoms with van der Waals surface area (Å²) in [5, 5.41) is 3.76. The summed E-state index contributed by atoms with van der Waals surface area (Å²) in [7, 11) is 2.25. The maximum Gasteiger partial charge on any atom is 0.0510 e. The predicted molar refractivity (Wildman–Crippen MR) is 84.2 cm³/mol. The van der Waals surface area contributed by atoms with Crippen LogP contribution in [-0.2, 0) is 4.74 Å².